The van der Waals surface area contributed by atoms with Gasteiger partial charge in [-0.2, -0.15) is 0 Å². The maximum Gasteiger partial charge on any atom is 0.441 e. The molecule has 0 radical (unpaired) electrons. The molecular weight excluding hydrogens is 334 g/mol. The molecule has 134 valence electrons. The number of anilines is 1. The summed E-state index contributed by atoms with van der Waals surface area (Å²) in [6.45, 7) is 4.19. The van der Waals surface area contributed by atoms with Crippen molar-refractivity contribution < 1.29 is 18.7 Å². The molecule has 0 unspecified atom stereocenters. The number of benzene rings is 2. The third kappa shape index (κ3) is 3.51. The largest absolute Gasteiger partial charge is 0.497 e. The Bertz CT molecular complexity index is 954. The van der Waals surface area contributed by atoms with E-state index in [1.807, 2.05) is 12.1 Å². The molecule has 0 aliphatic heterocycles. The van der Waals surface area contributed by atoms with Gasteiger partial charge in [0, 0.05) is 17.8 Å². The number of carbonyl (C=O) groups excluding carboxylic acids is 1. The molecule has 0 aliphatic carbocycles. The van der Waals surface area contributed by atoms with Gasteiger partial charge in [-0.3, -0.25) is 9.32 Å². The van der Waals surface area contributed by atoms with Gasteiger partial charge < -0.3 is 10.1 Å². The lowest BCUT2D eigenvalue weighted by Gasteiger charge is -2.06. The first-order valence-electron chi connectivity index (χ1n) is 8.19. The molecule has 0 atom stereocenters. The van der Waals surface area contributed by atoms with Crippen molar-refractivity contribution in [2.75, 3.05) is 12.4 Å². The Balaban J connectivity index is 1.87. The van der Waals surface area contributed by atoms with Gasteiger partial charge in [-0.15, -0.1) is 0 Å². The Labute approximate surface area is 150 Å². The lowest BCUT2D eigenvalue weighted by Crippen LogP contribution is -2.42. The number of amides is 1. The minimum absolute atomic E-state index is 0.150. The standard InChI is InChI=1S/C19H19N3O4/c1-12(2)13-4-6-14(7-5-13)20-18(23)17-19(24)26-21-22(17)15-8-10-16(25-3)11-9-15/h4-12H,1-3H3,(H-,20,21,23,24)/p+1. The molecule has 1 heterocycles. The third-order valence-corrected chi connectivity index (χ3v) is 4.03. The number of aromatic nitrogens is 2. The van der Waals surface area contributed by atoms with E-state index in [-0.39, 0.29) is 5.69 Å². The summed E-state index contributed by atoms with van der Waals surface area (Å²) in [5.74, 6) is 0.498. The summed E-state index contributed by atoms with van der Waals surface area (Å²) < 4.78 is 11.2. The molecule has 7 heteroatoms. The highest BCUT2D eigenvalue weighted by Crippen LogP contribution is 2.17. The van der Waals surface area contributed by atoms with Crippen LogP contribution in [0.25, 0.3) is 5.69 Å². The van der Waals surface area contributed by atoms with Gasteiger partial charge in [0.1, 0.15) is 5.75 Å². The summed E-state index contributed by atoms with van der Waals surface area (Å²) in [5.41, 5.74) is 1.43. The fourth-order valence-electron chi connectivity index (χ4n) is 2.52. The number of hydrogen-bond acceptors (Lipinski definition) is 4. The van der Waals surface area contributed by atoms with Crippen molar-refractivity contribution >= 4 is 11.6 Å². The first kappa shape index (κ1) is 17.5. The molecule has 2 N–H and O–H groups in total. The zero-order valence-electron chi connectivity index (χ0n) is 14.8. The van der Waals surface area contributed by atoms with Crippen LogP contribution in [0.4, 0.5) is 5.69 Å². The van der Waals surface area contributed by atoms with Crippen LogP contribution < -0.4 is 20.4 Å². The van der Waals surface area contributed by atoms with E-state index in [1.54, 1.807) is 43.5 Å². The van der Waals surface area contributed by atoms with Crippen LogP contribution in [0.2, 0.25) is 0 Å². The number of carbonyl (C=O) groups is 1. The van der Waals surface area contributed by atoms with E-state index in [9.17, 15) is 9.59 Å². The quantitative estimate of drug-likeness (QED) is 0.690. The Morgan fingerprint density at radius 3 is 2.35 bits per heavy atom. The van der Waals surface area contributed by atoms with Crippen molar-refractivity contribution in [3.8, 4) is 11.4 Å². The molecule has 0 saturated carbocycles. The summed E-state index contributed by atoms with van der Waals surface area (Å²) in [6, 6.07) is 14.4. The van der Waals surface area contributed by atoms with Crippen LogP contribution in [0.15, 0.2) is 57.8 Å². The van der Waals surface area contributed by atoms with Crippen LogP contribution in [0, 0.1) is 0 Å². The fraction of sp³-hybridized carbons (Fsp3) is 0.211. The molecule has 0 fully saturated rings. The number of methoxy groups -OCH3 is 1. The van der Waals surface area contributed by atoms with Crippen molar-refractivity contribution in [1.82, 2.24) is 5.27 Å². The summed E-state index contributed by atoms with van der Waals surface area (Å²) in [4.78, 5) is 24.6. The summed E-state index contributed by atoms with van der Waals surface area (Å²) in [5, 5.41) is 5.17. The Morgan fingerprint density at radius 1 is 1.12 bits per heavy atom. The van der Waals surface area contributed by atoms with Crippen LogP contribution in [-0.4, -0.2) is 18.3 Å². The second-order valence-corrected chi connectivity index (χ2v) is 6.09. The van der Waals surface area contributed by atoms with E-state index in [1.165, 1.54) is 4.68 Å². The summed E-state index contributed by atoms with van der Waals surface area (Å²) >= 11 is 0. The van der Waals surface area contributed by atoms with Crippen molar-refractivity contribution in [2.24, 2.45) is 0 Å². The van der Waals surface area contributed by atoms with E-state index in [0.717, 1.165) is 5.56 Å². The predicted molar refractivity (Wildman–Crippen MR) is 95.9 cm³/mol. The number of aromatic amines is 1. The highest BCUT2D eigenvalue weighted by Gasteiger charge is 2.30. The van der Waals surface area contributed by atoms with Crippen molar-refractivity contribution in [1.29, 1.82) is 0 Å². The Hall–Kier alpha value is -3.35. The zero-order valence-corrected chi connectivity index (χ0v) is 14.8. The highest BCUT2D eigenvalue weighted by atomic mass is 16.5. The third-order valence-electron chi connectivity index (χ3n) is 4.03. The molecule has 1 amide bonds. The maximum atomic E-state index is 12.6. The van der Waals surface area contributed by atoms with Crippen molar-refractivity contribution in [3.05, 3.63) is 70.2 Å². The molecule has 7 nitrogen and oxygen atoms in total. The van der Waals surface area contributed by atoms with Gasteiger partial charge in [0.05, 0.1) is 7.11 Å². The minimum Gasteiger partial charge on any atom is -0.497 e. The van der Waals surface area contributed by atoms with Crippen LogP contribution in [0.1, 0.15) is 35.8 Å². The zero-order chi connectivity index (χ0) is 18.7. The normalized spacial score (nSPS) is 10.8. The highest BCUT2D eigenvalue weighted by molar-refractivity contribution is 6.01. The van der Waals surface area contributed by atoms with Crippen LogP contribution in [0.3, 0.4) is 0 Å². The first-order valence-corrected chi connectivity index (χ1v) is 8.19. The molecule has 2 aromatic carbocycles. The van der Waals surface area contributed by atoms with E-state index in [4.69, 9.17) is 9.26 Å². The second-order valence-electron chi connectivity index (χ2n) is 6.09. The van der Waals surface area contributed by atoms with Gasteiger partial charge in [-0.1, -0.05) is 26.0 Å². The predicted octanol–water partition coefficient (Wildman–Crippen LogP) is 2.63. The summed E-state index contributed by atoms with van der Waals surface area (Å²) in [7, 11) is 1.56. The molecular formula is C19H20N3O4+. The Kier molecular flexibility index (Phi) is 4.88. The molecule has 26 heavy (non-hydrogen) atoms. The molecule has 0 saturated heterocycles. The number of H-pyrrole nitrogens is 1. The van der Waals surface area contributed by atoms with E-state index in [0.29, 0.717) is 23.0 Å². The first-order chi connectivity index (χ1) is 12.5. The van der Waals surface area contributed by atoms with Gasteiger partial charge in [-0.25, -0.2) is 4.79 Å². The van der Waals surface area contributed by atoms with Gasteiger partial charge in [-0.05, 0) is 45.7 Å². The van der Waals surface area contributed by atoms with Gasteiger partial charge in [0.2, 0.25) is 5.69 Å². The van der Waals surface area contributed by atoms with E-state index >= 15 is 0 Å². The average molecular weight is 354 g/mol. The van der Waals surface area contributed by atoms with E-state index in [2.05, 4.69) is 24.4 Å². The lowest BCUT2D eigenvalue weighted by molar-refractivity contribution is -0.672. The molecule has 1 aromatic heterocycles. The van der Waals surface area contributed by atoms with Crippen molar-refractivity contribution in [2.45, 2.75) is 19.8 Å². The minimum atomic E-state index is -0.753. The Morgan fingerprint density at radius 2 is 1.77 bits per heavy atom. The number of ether oxygens (including phenoxy) is 1. The van der Waals surface area contributed by atoms with Crippen LogP contribution >= 0.6 is 0 Å². The lowest BCUT2D eigenvalue weighted by atomic mass is 10.0. The van der Waals surface area contributed by atoms with Crippen LogP contribution in [-0.2, 0) is 0 Å². The maximum absolute atomic E-state index is 12.6. The molecule has 3 aromatic rings. The smallest absolute Gasteiger partial charge is 0.441 e. The molecule has 0 bridgehead atoms. The SMILES string of the molecule is COc1ccc(-[n+]2[nH]oc(=O)c2C(=O)Nc2ccc(C(C)C)cc2)cc1. The average Bonchev–Trinajstić information content (AvgIpc) is 3.04. The number of nitrogens with zero attached hydrogens (tertiary/aromatic N) is 1. The van der Waals surface area contributed by atoms with Gasteiger partial charge in [0.15, 0.2) is 0 Å². The topological polar surface area (TPSA) is 88.2 Å². The molecule has 0 spiro atoms. The monoisotopic (exact) mass is 354 g/mol. The number of rotatable bonds is 5. The summed E-state index contributed by atoms with van der Waals surface area (Å²) in [6.07, 6.45) is 0. The van der Waals surface area contributed by atoms with Crippen molar-refractivity contribution in [3.63, 3.8) is 0 Å². The second kappa shape index (κ2) is 7.26. The van der Waals surface area contributed by atoms with Crippen LogP contribution in [0.5, 0.6) is 5.75 Å². The fourth-order valence-corrected chi connectivity index (χ4v) is 2.52. The van der Waals surface area contributed by atoms with Gasteiger partial charge in [0.25, 0.3) is 0 Å². The van der Waals surface area contributed by atoms with Gasteiger partial charge >= 0.3 is 17.2 Å². The molecule has 3 rings (SSSR count). The number of nitrogens with one attached hydrogen (secondary N) is 2. The van der Waals surface area contributed by atoms with E-state index < -0.39 is 11.5 Å². The number of hydrogen-bond donors (Lipinski definition) is 2. The molecule has 0 aliphatic rings.